The molecule has 1 N–H and O–H groups in total. The van der Waals surface area contributed by atoms with Crippen molar-refractivity contribution in [3.05, 3.63) is 54.2 Å². The second-order valence-electron chi connectivity index (χ2n) is 6.89. The van der Waals surface area contributed by atoms with Crippen molar-refractivity contribution in [3.8, 4) is 5.69 Å². The monoisotopic (exact) mass is 380 g/mol. The first-order valence-corrected chi connectivity index (χ1v) is 9.17. The quantitative estimate of drug-likeness (QED) is 0.738. The summed E-state index contributed by atoms with van der Waals surface area (Å²) in [5.41, 5.74) is 2.83. The lowest BCUT2D eigenvalue weighted by Crippen LogP contribution is -2.42. The van der Waals surface area contributed by atoms with Crippen molar-refractivity contribution >= 4 is 22.5 Å². The number of nitrogens with one attached hydrogen (secondary N) is 1. The molecular weight excluding hydrogens is 359 g/mol. The van der Waals surface area contributed by atoms with Gasteiger partial charge in [0.2, 0.25) is 0 Å². The molecule has 0 bridgehead atoms. The fraction of sp³-hybridized carbons (Fsp3) is 0.300. The molecule has 0 saturated heterocycles. The van der Waals surface area contributed by atoms with E-state index in [1.807, 2.05) is 14.0 Å². The Kier molecular flexibility index (Phi) is 4.87. The van der Waals surface area contributed by atoms with Crippen LogP contribution in [0.1, 0.15) is 23.7 Å². The highest BCUT2D eigenvalue weighted by atomic mass is 19.1. The maximum atomic E-state index is 13.2. The molecule has 0 fully saturated rings. The number of aromatic nitrogens is 3. The molecule has 2 aromatic heterocycles. The number of fused-ring (bicyclic) bond motifs is 1. The Bertz CT molecular complexity index is 1040. The van der Waals surface area contributed by atoms with Crippen molar-refractivity contribution in [2.75, 3.05) is 20.3 Å². The Morgan fingerprint density at radius 2 is 2.04 bits per heavy atom. The van der Waals surface area contributed by atoms with E-state index in [4.69, 9.17) is 0 Å². The van der Waals surface area contributed by atoms with Crippen molar-refractivity contribution in [1.29, 1.82) is 0 Å². The summed E-state index contributed by atoms with van der Waals surface area (Å²) in [6.07, 6.45) is 5.59. The van der Waals surface area contributed by atoms with Gasteiger partial charge in [-0.3, -0.25) is 19.7 Å². The summed E-state index contributed by atoms with van der Waals surface area (Å²) < 4.78 is 14.9. The molecule has 0 aliphatic carbocycles. The van der Waals surface area contributed by atoms with Gasteiger partial charge in [-0.15, -0.1) is 0 Å². The molecule has 28 heavy (non-hydrogen) atoms. The molecular formula is C20H21FN6O. The Labute approximate surface area is 161 Å². The molecule has 3 heterocycles. The highest BCUT2D eigenvalue weighted by Crippen LogP contribution is 2.21. The summed E-state index contributed by atoms with van der Waals surface area (Å²) in [6.45, 7) is 3.43. The van der Waals surface area contributed by atoms with Crippen LogP contribution in [0.3, 0.4) is 0 Å². The number of amides is 1. The highest BCUT2D eigenvalue weighted by molar-refractivity contribution is 6.08. The lowest BCUT2D eigenvalue weighted by molar-refractivity contribution is 0.0947. The number of rotatable bonds is 5. The van der Waals surface area contributed by atoms with Gasteiger partial charge in [-0.1, -0.05) is 6.92 Å². The first-order valence-electron chi connectivity index (χ1n) is 9.17. The van der Waals surface area contributed by atoms with Crippen LogP contribution in [0.4, 0.5) is 4.39 Å². The molecule has 1 aliphatic rings. The number of hydrogen-bond donors (Lipinski definition) is 1. The highest BCUT2D eigenvalue weighted by Gasteiger charge is 2.23. The van der Waals surface area contributed by atoms with Gasteiger partial charge in [0.05, 0.1) is 47.6 Å². The topological polar surface area (TPSA) is 75.4 Å². The SMILES string of the molecule is CC[C@H](NC(=O)c1cncc2c1cnn2-c1ccc(F)cc1)C1=NCN(C)C1. The van der Waals surface area contributed by atoms with Crippen LogP contribution in [0.2, 0.25) is 0 Å². The molecule has 7 nitrogen and oxygen atoms in total. The summed E-state index contributed by atoms with van der Waals surface area (Å²) in [5, 5.41) is 8.13. The molecule has 3 aromatic rings. The van der Waals surface area contributed by atoms with Gasteiger partial charge in [0.1, 0.15) is 5.82 Å². The predicted molar refractivity (Wildman–Crippen MR) is 105 cm³/mol. The molecule has 1 amide bonds. The standard InChI is InChI=1S/C20H21FN6O/c1-3-17(18-11-26(2)12-23-18)25-20(28)16-8-22-10-19-15(16)9-24-27(19)14-6-4-13(21)5-7-14/h4-10,17H,3,11-12H2,1-2H3,(H,25,28)/t17-/m0/s1. The minimum absolute atomic E-state index is 0.111. The first-order chi connectivity index (χ1) is 13.6. The third-order valence-electron chi connectivity index (χ3n) is 4.88. The van der Waals surface area contributed by atoms with Crippen LogP contribution in [0, 0.1) is 5.82 Å². The lowest BCUT2D eigenvalue weighted by Gasteiger charge is -2.18. The number of carbonyl (C=O) groups excluding carboxylic acids is 1. The zero-order valence-electron chi connectivity index (χ0n) is 15.8. The number of hydrogen-bond acceptors (Lipinski definition) is 5. The first kappa shape index (κ1) is 18.2. The van der Waals surface area contributed by atoms with Crippen molar-refractivity contribution in [2.45, 2.75) is 19.4 Å². The molecule has 8 heteroatoms. The third-order valence-corrected chi connectivity index (χ3v) is 4.88. The maximum absolute atomic E-state index is 13.2. The minimum atomic E-state index is -0.315. The molecule has 1 atom stereocenters. The summed E-state index contributed by atoms with van der Waals surface area (Å²) >= 11 is 0. The summed E-state index contributed by atoms with van der Waals surface area (Å²) in [7, 11) is 2.00. The fourth-order valence-electron chi connectivity index (χ4n) is 3.38. The van der Waals surface area contributed by atoms with E-state index in [-0.39, 0.29) is 17.8 Å². The van der Waals surface area contributed by atoms with Gasteiger partial charge in [0.25, 0.3) is 5.91 Å². The lowest BCUT2D eigenvalue weighted by atomic mass is 10.1. The number of halogens is 1. The van der Waals surface area contributed by atoms with Crippen LogP contribution in [0.15, 0.2) is 47.8 Å². The molecule has 0 unspecified atom stereocenters. The van der Waals surface area contributed by atoms with E-state index in [1.165, 1.54) is 12.1 Å². The number of benzene rings is 1. The maximum Gasteiger partial charge on any atom is 0.254 e. The van der Waals surface area contributed by atoms with Gasteiger partial charge in [-0.05, 0) is 37.7 Å². The van der Waals surface area contributed by atoms with E-state index in [1.54, 1.807) is 35.4 Å². The van der Waals surface area contributed by atoms with E-state index < -0.39 is 0 Å². The number of nitrogens with zero attached hydrogens (tertiary/aromatic N) is 5. The minimum Gasteiger partial charge on any atom is -0.344 e. The summed E-state index contributed by atoms with van der Waals surface area (Å²) in [5.74, 6) is -0.523. The van der Waals surface area contributed by atoms with E-state index >= 15 is 0 Å². The molecule has 4 rings (SSSR count). The van der Waals surface area contributed by atoms with Crippen LogP contribution < -0.4 is 5.32 Å². The Morgan fingerprint density at radius 3 is 2.71 bits per heavy atom. The average molecular weight is 380 g/mol. The van der Waals surface area contributed by atoms with Gasteiger partial charge in [0.15, 0.2) is 0 Å². The van der Waals surface area contributed by atoms with E-state index in [9.17, 15) is 9.18 Å². The zero-order valence-corrected chi connectivity index (χ0v) is 15.8. The Hall–Kier alpha value is -3.13. The molecule has 0 spiro atoms. The largest absolute Gasteiger partial charge is 0.344 e. The number of pyridine rings is 1. The van der Waals surface area contributed by atoms with Crippen molar-refractivity contribution in [2.24, 2.45) is 4.99 Å². The Balaban J connectivity index is 1.64. The second-order valence-corrected chi connectivity index (χ2v) is 6.89. The normalized spacial score (nSPS) is 15.6. The summed E-state index contributed by atoms with van der Waals surface area (Å²) in [4.78, 5) is 23.8. The van der Waals surface area contributed by atoms with Gasteiger partial charge in [-0.2, -0.15) is 5.10 Å². The second kappa shape index (κ2) is 7.47. The Morgan fingerprint density at radius 1 is 1.25 bits per heavy atom. The van der Waals surface area contributed by atoms with Crippen molar-refractivity contribution in [3.63, 3.8) is 0 Å². The van der Waals surface area contributed by atoms with Crippen molar-refractivity contribution < 1.29 is 9.18 Å². The number of carbonyl (C=O) groups is 1. The molecule has 1 aromatic carbocycles. The van der Waals surface area contributed by atoms with Crippen LogP contribution >= 0.6 is 0 Å². The van der Waals surface area contributed by atoms with Gasteiger partial charge in [-0.25, -0.2) is 9.07 Å². The molecule has 1 aliphatic heterocycles. The van der Waals surface area contributed by atoms with E-state index in [0.717, 1.165) is 18.7 Å². The third kappa shape index (κ3) is 3.38. The van der Waals surface area contributed by atoms with Crippen LogP contribution in [0.25, 0.3) is 16.6 Å². The van der Waals surface area contributed by atoms with E-state index in [2.05, 4.69) is 25.3 Å². The van der Waals surface area contributed by atoms with Crippen molar-refractivity contribution in [1.82, 2.24) is 25.0 Å². The van der Waals surface area contributed by atoms with Gasteiger partial charge in [0, 0.05) is 18.1 Å². The average Bonchev–Trinajstić information content (AvgIpc) is 3.32. The molecule has 0 saturated carbocycles. The van der Waals surface area contributed by atoms with Crippen LogP contribution in [-0.4, -0.2) is 57.6 Å². The fourth-order valence-corrected chi connectivity index (χ4v) is 3.38. The number of aliphatic imine (C=N–C) groups is 1. The predicted octanol–water partition coefficient (Wildman–Crippen LogP) is 2.41. The van der Waals surface area contributed by atoms with Crippen LogP contribution in [0.5, 0.6) is 0 Å². The molecule has 0 radical (unpaired) electrons. The zero-order chi connectivity index (χ0) is 19.7. The summed E-state index contributed by atoms with van der Waals surface area (Å²) in [6, 6.07) is 5.91. The molecule has 144 valence electrons. The van der Waals surface area contributed by atoms with E-state index in [0.29, 0.717) is 28.8 Å². The van der Waals surface area contributed by atoms with Gasteiger partial charge >= 0.3 is 0 Å². The smallest absolute Gasteiger partial charge is 0.254 e. The van der Waals surface area contributed by atoms with Crippen LogP contribution in [-0.2, 0) is 0 Å². The van der Waals surface area contributed by atoms with Gasteiger partial charge < -0.3 is 5.32 Å².